The molecule has 2 aliphatic carbocycles. The van der Waals surface area contributed by atoms with Crippen molar-refractivity contribution in [3.05, 3.63) is 53.0 Å². The lowest BCUT2D eigenvalue weighted by Gasteiger charge is -2.45. The lowest BCUT2D eigenvalue weighted by molar-refractivity contribution is -0.129. The number of carbonyl (C=O) groups excluding carboxylic acids is 1. The Balaban J connectivity index is 1.45. The van der Waals surface area contributed by atoms with Crippen molar-refractivity contribution in [3.63, 3.8) is 0 Å². The molecule has 1 spiro atoms. The lowest BCUT2D eigenvalue weighted by atomic mass is 9.66. The van der Waals surface area contributed by atoms with Crippen molar-refractivity contribution in [2.24, 2.45) is 22.6 Å². The minimum Gasteiger partial charge on any atom is -0.463 e. The number of fused-ring (bicyclic) bond motifs is 4. The summed E-state index contributed by atoms with van der Waals surface area (Å²) in [5, 5.41) is 0.427. The second-order valence-corrected chi connectivity index (χ2v) is 10.4. The zero-order valence-corrected chi connectivity index (χ0v) is 19.9. The Hall–Kier alpha value is -3.38. The monoisotopic (exact) mass is 477 g/mol. The largest absolute Gasteiger partial charge is 0.463 e. The molecule has 9 heteroatoms. The summed E-state index contributed by atoms with van der Waals surface area (Å²) in [6, 6.07) is 5.79. The third kappa shape index (κ3) is 3.20. The second kappa shape index (κ2) is 7.84. The van der Waals surface area contributed by atoms with E-state index in [4.69, 9.17) is 21.9 Å². The van der Waals surface area contributed by atoms with E-state index in [-0.39, 0.29) is 35.9 Å². The molecule has 4 atom stereocenters. The number of amidine groups is 1. The minimum absolute atomic E-state index is 0.0465. The molecule has 174 valence electrons. The van der Waals surface area contributed by atoms with Gasteiger partial charge in [-0.2, -0.15) is 0 Å². The highest BCUT2D eigenvalue weighted by Gasteiger charge is 2.78. The van der Waals surface area contributed by atoms with Gasteiger partial charge in [-0.1, -0.05) is 36.7 Å². The van der Waals surface area contributed by atoms with Crippen LogP contribution in [0, 0.1) is 24.2 Å². The minimum atomic E-state index is -0.594. The Kier molecular flexibility index (Phi) is 5.17. The number of ether oxygens (including phenoxy) is 1. The maximum atomic E-state index is 14.9. The fourth-order valence-corrected chi connectivity index (χ4v) is 6.99. The maximum Gasteiger partial charge on any atom is 0.239 e. The van der Waals surface area contributed by atoms with E-state index in [1.807, 2.05) is 18.2 Å². The Labute approximate surface area is 201 Å². The van der Waals surface area contributed by atoms with Crippen molar-refractivity contribution in [1.82, 2.24) is 14.9 Å². The van der Waals surface area contributed by atoms with E-state index in [1.54, 1.807) is 19.0 Å². The summed E-state index contributed by atoms with van der Waals surface area (Å²) in [6.45, 7) is 2.15. The van der Waals surface area contributed by atoms with Gasteiger partial charge in [0.25, 0.3) is 0 Å². The zero-order chi connectivity index (χ0) is 24.3. The molecule has 0 bridgehead atoms. The quantitative estimate of drug-likeness (QED) is 0.666. The van der Waals surface area contributed by atoms with Crippen LogP contribution in [0.15, 0.2) is 35.6 Å². The highest BCUT2D eigenvalue weighted by atomic mass is 32.2. The van der Waals surface area contributed by atoms with Crippen LogP contribution in [0.25, 0.3) is 11.9 Å². The molecule has 1 fully saturated rings. The molecule has 7 nitrogen and oxygen atoms in total. The molecule has 0 saturated heterocycles. The van der Waals surface area contributed by atoms with Crippen molar-refractivity contribution in [3.8, 4) is 18.2 Å². The van der Waals surface area contributed by atoms with Crippen molar-refractivity contribution in [2.75, 3.05) is 20.7 Å². The van der Waals surface area contributed by atoms with Crippen LogP contribution in [0.1, 0.15) is 29.3 Å². The summed E-state index contributed by atoms with van der Waals surface area (Å²) in [7, 11) is 3.54. The van der Waals surface area contributed by atoms with E-state index in [2.05, 4.69) is 22.8 Å². The van der Waals surface area contributed by atoms with Gasteiger partial charge in [0, 0.05) is 26.4 Å². The van der Waals surface area contributed by atoms with E-state index in [0.29, 0.717) is 10.7 Å². The van der Waals surface area contributed by atoms with Gasteiger partial charge in [-0.05, 0) is 34.8 Å². The first-order valence-electron chi connectivity index (χ1n) is 10.9. The Morgan fingerprint density at radius 2 is 2.21 bits per heavy atom. The van der Waals surface area contributed by atoms with Crippen LogP contribution < -0.4 is 10.5 Å². The van der Waals surface area contributed by atoms with Crippen molar-refractivity contribution < 1.29 is 13.9 Å². The van der Waals surface area contributed by atoms with Crippen molar-refractivity contribution in [2.45, 2.75) is 23.6 Å². The molecule has 1 amide bonds. The highest BCUT2D eigenvalue weighted by Crippen LogP contribution is 2.73. The third-order valence-corrected chi connectivity index (χ3v) is 8.34. The molecular formula is C25H24FN5O2S. The number of benzene rings is 1. The van der Waals surface area contributed by atoms with Gasteiger partial charge in [-0.25, -0.2) is 14.4 Å². The van der Waals surface area contributed by atoms with Crippen LogP contribution >= 0.6 is 11.8 Å². The predicted octanol–water partition coefficient (Wildman–Crippen LogP) is 2.86. The molecule has 1 saturated carbocycles. The van der Waals surface area contributed by atoms with E-state index in [1.165, 1.54) is 30.2 Å². The molecule has 2 unspecified atom stereocenters. The van der Waals surface area contributed by atoms with Gasteiger partial charge in [0.15, 0.2) is 17.6 Å². The summed E-state index contributed by atoms with van der Waals surface area (Å²) >= 11 is 1.38. The fourth-order valence-electron chi connectivity index (χ4n) is 5.39. The van der Waals surface area contributed by atoms with Gasteiger partial charge in [0.05, 0.1) is 17.9 Å². The number of thioether (sulfide) groups is 1. The first kappa shape index (κ1) is 22.4. The van der Waals surface area contributed by atoms with E-state index in [9.17, 15) is 9.18 Å². The molecule has 1 aromatic heterocycles. The molecule has 2 N–H and O–H groups in total. The number of carbonyl (C=O) groups is 1. The molecule has 2 aromatic rings. The third-order valence-electron chi connectivity index (χ3n) is 6.90. The summed E-state index contributed by atoms with van der Waals surface area (Å²) in [4.78, 5) is 27.7. The number of aliphatic imine (C=N–C) groups is 1. The SMILES string of the molecule is C#CCOc1cnc(/C(F)=C/c2ccc3c(c2)[C@@]2(C3)N=C(N)S[C@@]3(C(=O)N(C)C)C(C)C32)cn1. The summed E-state index contributed by atoms with van der Waals surface area (Å²) in [5.41, 5.74) is 8.61. The van der Waals surface area contributed by atoms with Crippen LogP contribution in [-0.2, 0) is 16.8 Å². The van der Waals surface area contributed by atoms with Crippen LogP contribution in [0.5, 0.6) is 5.88 Å². The zero-order valence-electron chi connectivity index (χ0n) is 19.1. The molecule has 0 radical (unpaired) electrons. The van der Waals surface area contributed by atoms with E-state index >= 15 is 0 Å². The van der Waals surface area contributed by atoms with Gasteiger partial charge in [0.1, 0.15) is 10.4 Å². The first-order chi connectivity index (χ1) is 16.2. The number of rotatable bonds is 5. The number of hydrogen-bond acceptors (Lipinski definition) is 7. The predicted molar refractivity (Wildman–Crippen MR) is 130 cm³/mol. The normalized spacial score (nSPS) is 28.7. The fraction of sp³-hybridized carbons (Fsp3) is 0.360. The molecule has 1 aromatic carbocycles. The van der Waals surface area contributed by atoms with Crippen LogP contribution in [0.4, 0.5) is 4.39 Å². The number of hydrogen-bond donors (Lipinski definition) is 1. The first-order valence-corrected chi connectivity index (χ1v) is 11.7. The van der Waals surface area contributed by atoms with E-state index in [0.717, 1.165) is 17.5 Å². The Bertz CT molecular complexity index is 1290. The maximum absolute atomic E-state index is 14.9. The Morgan fingerprint density at radius 1 is 1.41 bits per heavy atom. The van der Waals surface area contributed by atoms with Crippen LogP contribution in [0.2, 0.25) is 0 Å². The Morgan fingerprint density at radius 3 is 2.88 bits per heavy atom. The highest BCUT2D eigenvalue weighted by molar-refractivity contribution is 8.15. The molecule has 2 heterocycles. The second-order valence-electron chi connectivity index (χ2n) is 9.05. The van der Waals surface area contributed by atoms with Crippen molar-refractivity contribution >= 4 is 34.7 Å². The van der Waals surface area contributed by atoms with Gasteiger partial charge in [-0.15, -0.1) is 6.42 Å². The smallest absolute Gasteiger partial charge is 0.239 e. The molecular weight excluding hydrogens is 453 g/mol. The molecule has 1 aliphatic heterocycles. The number of aromatic nitrogens is 2. The van der Waals surface area contributed by atoms with Gasteiger partial charge < -0.3 is 15.4 Å². The molecule has 3 aliphatic rings. The van der Waals surface area contributed by atoms with Crippen LogP contribution in [0.3, 0.4) is 0 Å². The average molecular weight is 478 g/mol. The molecule has 5 rings (SSSR count). The lowest BCUT2D eigenvalue weighted by Crippen LogP contribution is -2.49. The van der Waals surface area contributed by atoms with Gasteiger partial charge in [0.2, 0.25) is 11.8 Å². The standard InChI is InChI=1S/C25H24FN5O2S/c1-5-8-33-20-13-28-19(12-29-20)18(26)10-15-6-7-16-11-24(17(16)9-15)21-14(2)25(21,22(32)31(3)4)34-23(27)30-24/h1,6-7,9-10,12-14,21H,8,11H2,2-4H3,(H2,27,30)/b18-10-/t14?,21?,24-,25+/m1/s1. The summed E-state index contributed by atoms with van der Waals surface area (Å²) < 4.78 is 19.5. The number of nitrogens with two attached hydrogens (primary N) is 1. The molecule has 34 heavy (non-hydrogen) atoms. The van der Waals surface area contributed by atoms with E-state index < -0.39 is 16.1 Å². The topological polar surface area (TPSA) is 93.7 Å². The number of terminal acetylenes is 1. The summed E-state index contributed by atoms with van der Waals surface area (Å²) in [5.74, 6) is 2.29. The van der Waals surface area contributed by atoms with Crippen molar-refractivity contribution in [1.29, 1.82) is 0 Å². The number of halogens is 1. The number of amides is 1. The average Bonchev–Trinajstić information content (AvgIpc) is 3.42. The number of nitrogens with zero attached hydrogens (tertiary/aromatic N) is 4. The summed E-state index contributed by atoms with van der Waals surface area (Å²) in [6.07, 6.45) is 9.92. The van der Waals surface area contributed by atoms with Gasteiger partial charge in [-0.3, -0.25) is 9.79 Å². The van der Waals surface area contributed by atoms with Gasteiger partial charge >= 0.3 is 0 Å². The van der Waals surface area contributed by atoms with Crippen LogP contribution in [-0.4, -0.2) is 51.4 Å².